The van der Waals surface area contributed by atoms with Gasteiger partial charge < -0.3 is 14.2 Å². The first kappa shape index (κ1) is 20.1. The fraction of sp³-hybridized carbons (Fsp3) is 0.880. The lowest BCUT2D eigenvalue weighted by atomic mass is 9.39. The zero-order valence-corrected chi connectivity index (χ0v) is 19.0. The zero-order valence-electron chi connectivity index (χ0n) is 19.0. The van der Waals surface area contributed by atoms with Crippen molar-refractivity contribution in [2.45, 2.75) is 98.1 Å². The molecule has 5 aliphatic rings. The maximum Gasteiger partial charge on any atom is 0.302 e. The van der Waals surface area contributed by atoms with Gasteiger partial charge in [-0.25, -0.2) is 0 Å². The molecule has 1 aliphatic heterocycles. The Hall–Kier alpha value is -0.870. The number of hydrogen-bond acceptors (Lipinski definition) is 4. The zero-order chi connectivity index (χ0) is 20.9. The van der Waals surface area contributed by atoms with E-state index in [1.54, 1.807) is 6.92 Å². The van der Waals surface area contributed by atoms with Crippen molar-refractivity contribution in [2.75, 3.05) is 6.61 Å². The van der Waals surface area contributed by atoms with Gasteiger partial charge >= 0.3 is 5.97 Å². The van der Waals surface area contributed by atoms with Crippen LogP contribution in [0.2, 0.25) is 0 Å². The number of carbonyl (C=O) groups excluding carboxylic acids is 1. The van der Waals surface area contributed by atoms with Crippen molar-refractivity contribution in [2.24, 2.45) is 33.5 Å². The Morgan fingerprint density at radius 1 is 1.00 bits per heavy atom. The maximum absolute atomic E-state index is 12.0. The van der Waals surface area contributed by atoms with Gasteiger partial charge in [0.2, 0.25) is 0 Å². The number of hydrogen-bond donors (Lipinski definition) is 0. The molecule has 5 rings (SSSR count). The Morgan fingerprint density at radius 2 is 1.72 bits per heavy atom. The largest absolute Gasteiger partial charge is 0.462 e. The predicted octanol–water partition coefficient (Wildman–Crippen LogP) is 5.26. The average molecular weight is 403 g/mol. The highest BCUT2D eigenvalue weighted by Gasteiger charge is 2.70. The molecule has 0 radical (unpaired) electrons. The fourth-order valence-corrected chi connectivity index (χ4v) is 8.49. The van der Waals surface area contributed by atoms with Gasteiger partial charge in [0, 0.05) is 17.8 Å². The highest BCUT2D eigenvalue weighted by atomic mass is 16.7. The number of rotatable bonds is 1. The third kappa shape index (κ3) is 2.67. The summed E-state index contributed by atoms with van der Waals surface area (Å²) < 4.78 is 18.7. The van der Waals surface area contributed by atoms with Crippen molar-refractivity contribution in [3.05, 3.63) is 12.2 Å². The topological polar surface area (TPSA) is 44.8 Å². The number of ether oxygens (including phenoxy) is 3. The first-order valence-electron chi connectivity index (χ1n) is 11.6. The molecule has 4 nitrogen and oxygen atoms in total. The van der Waals surface area contributed by atoms with Gasteiger partial charge in [-0.3, -0.25) is 4.79 Å². The van der Waals surface area contributed by atoms with Crippen LogP contribution in [-0.4, -0.2) is 30.6 Å². The second-order valence-corrected chi connectivity index (χ2v) is 12.1. The summed E-state index contributed by atoms with van der Waals surface area (Å²) in [7, 11) is 0. The molecule has 29 heavy (non-hydrogen) atoms. The third-order valence-corrected chi connectivity index (χ3v) is 9.70. The number of carbonyl (C=O) groups is 1. The quantitative estimate of drug-likeness (QED) is 0.443. The summed E-state index contributed by atoms with van der Waals surface area (Å²) in [6.45, 7) is 13.7. The second-order valence-electron chi connectivity index (χ2n) is 12.1. The lowest BCUT2D eigenvalue weighted by Crippen LogP contribution is -2.65. The molecular weight excluding hydrogens is 364 g/mol. The molecule has 4 heteroatoms. The van der Waals surface area contributed by atoms with E-state index in [1.807, 2.05) is 13.8 Å². The van der Waals surface area contributed by atoms with Gasteiger partial charge in [0.05, 0.1) is 12.7 Å². The SMILES string of the molecule is CC(=O)O[C@@H]1CCC(C)(C)[C@@H]2CC[C@]34C=C[C@@]5(COC(C)(C)O[C@H]5C[C@@H]3[C@@]12C)C4. The first-order chi connectivity index (χ1) is 13.4. The standard InChI is InChI=1S/C25H38O4/c1-16(26)28-19-8-9-21(2,3)17-7-10-24-11-12-25(14-24)15-27-22(4,5)29-20(25)13-18(24)23(17,19)6/h11-12,17-20H,7-10,13-15H2,1-6H3/t17-,18+,19+,20-,23-,24+,25-/m0/s1. The molecule has 0 aromatic rings. The van der Waals surface area contributed by atoms with Gasteiger partial charge in [-0.05, 0) is 75.0 Å². The van der Waals surface area contributed by atoms with Crippen LogP contribution in [0.25, 0.3) is 0 Å². The molecular formula is C25H38O4. The molecule has 4 aliphatic carbocycles. The Kier molecular flexibility index (Phi) is 4.07. The Bertz CT molecular complexity index is 754. The van der Waals surface area contributed by atoms with Crippen molar-refractivity contribution in [3.63, 3.8) is 0 Å². The summed E-state index contributed by atoms with van der Waals surface area (Å²) in [5, 5.41) is 0. The maximum atomic E-state index is 12.0. The molecule has 2 bridgehead atoms. The van der Waals surface area contributed by atoms with Gasteiger partial charge in [0.15, 0.2) is 5.79 Å². The van der Waals surface area contributed by atoms with Gasteiger partial charge in [-0.2, -0.15) is 0 Å². The average Bonchev–Trinajstić information content (AvgIpc) is 2.91. The van der Waals surface area contributed by atoms with E-state index < -0.39 is 5.79 Å². The minimum Gasteiger partial charge on any atom is -0.462 e. The molecule has 0 aromatic carbocycles. The van der Waals surface area contributed by atoms with Gasteiger partial charge in [0.1, 0.15) is 6.10 Å². The molecule has 0 unspecified atom stereocenters. The smallest absolute Gasteiger partial charge is 0.302 e. The van der Waals surface area contributed by atoms with Gasteiger partial charge in [0.25, 0.3) is 0 Å². The van der Waals surface area contributed by atoms with E-state index in [4.69, 9.17) is 14.2 Å². The van der Waals surface area contributed by atoms with Crippen molar-refractivity contribution < 1.29 is 19.0 Å². The Balaban J connectivity index is 1.58. The number of fused-ring (bicyclic) bond motifs is 2. The monoisotopic (exact) mass is 402 g/mol. The van der Waals surface area contributed by atoms with Crippen LogP contribution in [0.4, 0.5) is 0 Å². The van der Waals surface area contributed by atoms with Crippen LogP contribution in [0, 0.1) is 33.5 Å². The lowest BCUT2D eigenvalue weighted by Gasteiger charge is -2.67. The Labute approximate surface area is 175 Å². The summed E-state index contributed by atoms with van der Waals surface area (Å²) in [4.78, 5) is 12.0. The van der Waals surface area contributed by atoms with Crippen molar-refractivity contribution >= 4 is 5.97 Å². The van der Waals surface area contributed by atoms with Crippen LogP contribution in [0.15, 0.2) is 12.2 Å². The molecule has 2 spiro atoms. The van der Waals surface area contributed by atoms with E-state index in [9.17, 15) is 4.79 Å². The van der Waals surface area contributed by atoms with E-state index in [0.717, 1.165) is 32.3 Å². The van der Waals surface area contributed by atoms with Crippen molar-refractivity contribution in [1.82, 2.24) is 0 Å². The van der Waals surface area contributed by atoms with E-state index in [-0.39, 0.29) is 39.8 Å². The summed E-state index contributed by atoms with van der Waals surface area (Å²) >= 11 is 0. The highest BCUT2D eigenvalue weighted by Crippen LogP contribution is 2.73. The van der Waals surface area contributed by atoms with Crippen LogP contribution in [0.3, 0.4) is 0 Å². The van der Waals surface area contributed by atoms with Crippen LogP contribution in [-0.2, 0) is 19.0 Å². The normalized spacial score (nSPS) is 51.5. The summed E-state index contributed by atoms with van der Waals surface area (Å²) in [5.74, 6) is 0.383. The molecule has 4 fully saturated rings. The van der Waals surface area contributed by atoms with Crippen LogP contribution < -0.4 is 0 Å². The van der Waals surface area contributed by atoms with E-state index in [0.29, 0.717) is 11.8 Å². The number of esters is 1. The molecule has 3 saturated carbocycles. The Morgan fingerprint density at radius 3 is 2.45 bits per heavy atom. The van der Waals surface area contributed by atoms with Crippen LogP contribution >= 0.6 is 0 Å². The van der Waals surface area contributed by atoms with E-state index in [1.165, 1.54) is 12.8 Å². The summed E-state index contributed by atoms with van der Waals surface area (Å²) in [5.41, 5.74) is 0.482. The predicted molar refractivity (Wildman–Crippen MR) is 111 cm³/mol. The molecule has 162 valence electrons. The third-order valence-electron chi connectivity index (χ3n) is 9.70. The van der Waals surface area contributed by atoms with E-state index >= 15 is 0 Å². The molecule has 1 saturated heterocycles. The molecule has 0 amide bonds. The first-order valence-corrected chi connectivity index (χ1v) is 11.6. The van der Waals surface area contributed by atoms with E-state index in [2.05, 4.69) is 32.9 Å². The highest BCUT2D eigenvalue weighted by molar-refractivity contribution is 5.66. The molecule has 7 atom stereocenters. The second kappa shape index (κ2) is 5.88. The fourth-order valence-electron chi connectivity index (χ4n) is 8.49. The van der Waals surface area contributed by atoms with Crippen molar-refractivity contribution in [3.8, 4) is 0 Å². The van der Waals surface area contributed by atoms with Gasteiger partial charge in [-0.15, -0.1) is 0 Å². The summed E-state index contributed by atoms with van der Waals surface area (Å²) in [6, 6.07) is 0. The van der Waals surface area contributed by atoms with Crippen molar-refractivity contribution in [1.29, 1.82) is 0 Å². The van der Waals surface area contributed by atoms with Gasteiger partial charge in [-0.1, -0.05) is 32.9 Å². The minimum atomic E-state index is -0.525. The minimum absolute atomic E-state index is 0.00884. The number of allylic oxidation sites excluding steroid dienone is 1. The van der Waals surface area contributed by atoms with Crippen LogP contribution in [0.1, 0.15) is 80.1 Å². The molecule has 0 N–H and O–H groups in total. The molecule has 1 heterocycles. The molecule has 0 aromatic heterocycles. The van der Waals surface area contributed by atoms with Crippen LogP contribution in [0.5, 0.6) is 0 Å². The lowest BCUT2D eigenvalue weighted by molar-refractivity contribution is -0.332. The summed E-state index contributed by atoms with van der Waals surface area (Å²) in [6.07, 6.45) is 11.9.